The first-order chi connectivity index (χ1) is 8.91. The van der Waals surface area contributed by atoms with E-state index in [4.69, 9.17) is 0 Å². The predicted octanol–water partition coefficient (Wildman–Crippen LogP) is 5.57. The first-order valence-electron chi connectivity index (χ1n) is 7.01. The van der Waals surface area contributed by atoms with Gasteiger partial charge >= 0.3 is 0 Å². The zero-order valence-electron chi connectivity index (χ0n) is 12.6. The normalized spacial score (nSPS) is 11.9. The molecule has 0 spiro atoms. The Kier molecular flexibility index (Phi) is 3.80. The molecule has 0 aliphatic rings. The van der Waals surface area contributed by atoms with E-state index in [-0.39, 0.29) is 5.41 Å². The molecule has 0 bridgehead atoms. The van der Waals surface area contributed by atoms with Crippen molar-refractivity contribution >= 4 is 0 Å². The van der Waals surface area contributed by atoms with Gasteiger partial charge in [-0.15, -0.1) is 0 Å². The SMILES string of the molecule is CC(C)c1[c]cccc1-c1ccccc1C(C)(C)C. The molecular weight excluding hydrogens is 228 g/mol. The van der Waals surface area contributed by atoms with E-state index in [1.807, 2.05) is 6.07 Å². The molecule has 0 aliphatic carbocycles. The fraction of sp³-hybridized carbons (Fsp3) is 0.368. The fourth-order valence-electron chi connectivity index (χ4n) is 2.53. The highest BCUT2D eigenvalue weighted by molar-refractivity contribution is 5.72. The van der Waals surface area contributed by atoms with E-state index in [1.54, 1.807) is 0 Å². The molecule has 19 heavy (non-hydrogen) atoms. The summed E-state index contributed by atoms with van der Waals surface area (Å²) in [6, 6.07) is 18.5. The fourth-order valence-corrected chi connectivity index (χ4v) is 2.53. The number of benzene rings is 2. The Morgan fingerprint density at radius 1 is 0.895 bits per heavy atom. The van der Waals surface area contributed by atoms with Crippen LogP contribution in [0.3, 0.4) is 0 Å². The van der Waals surface area contributed by atoms with Crippen LogP contribution in [0.4, 0.5) is 0 Å². The molecule has 0 aliphatic heterocycles. The molecular formula is C19H23. The molecule has 0 fully saturated rings. The van der Waals surface area contributed by atoms with Gasteiger partial charge in [0.1, 0.15) is 0 Å². The Balaban J connectivity index is 2.67. The molecule has 2 aromatic carbocycles. The third-order valence-corrected chi connectivity index (χ3v) is 3.49. The van der Waals surface area contributed by atoms with Crippen LogP contribution in [0, 0.1) is 6.07 Å². The molecule has 0 heteroatoms. The molecule has 2 aromatic rings. The summed E-state index contributed by atoms with van der Waals surface area (Å²) in [4.78, 5) is 0. The molecule has 99 valence electrons. The molecule has 0 heterocycles. The van der Waals surface area contributed by atoms with Crippen molar-refractivity contribution in [1.29, 1.82) is 0 Å². The van der Waals surface area contributed by atoms with Crippen LogP contribution < -0.4 is 0 Å². The second kappa shape index (κ2) is 5.21. The van der Waals surface area contributed by atoms with Gasteiger partial charge in [-0.2, -0.15) is 0 Å². The van der Waals surface area contributed by atoms with Crippen molar-refractivity contribution in [1.82, 2.24) is 0 Å². The van der Waals surface area contributed by atoms with Gasteiger partial charge in [0, 0.05) is 0 Å². The second-order valence-corrected chi connectivity index (χ2v) is 6.45. The minimum Gasteiger partial charge on any atom is -0.0619 e. The standard InChI is InChI=1S/C19H23/c1-14(2)15-10-6-7-11-16(15)17-12-8-9-13-18(17)19(3,4)5/h6-9,11-14H,1-5H3. The van der Waals surface area contributed by atoms with Crippen molar-refractivity contribution in [3.8, 4) is 11.1 Å². The third kappa shape index (κ3) is 2.89. The topological polar surface area (TPSA) is 0 Å². The van der Waals surface area contributed by atoms with E-state index in [9.17, 15) is 0 Å². The van der Waals surface area contributed by atoms with Crippen molar-refractivity contribution in [2.45, 2.75) is 46.0 Å². The third-order valence-electron chi connectivity index (χ3n) is 3.49. The van der Waals surface area contributed by atoms with Gasteiger partial charge < -0.3 is 0 Å². The Morgan fingerprint density at radius 3 is 2.16 bits per heavy atom. The molecule has 1 radical (unpaired) electrons. The van der Waals surface area contributed by atoms with Crippen molar-refractivity contribution < 1.29 is 0 Å². The molecule has 0 atom stereocenters. The van der Waals surface area contributed by atoms with Crippen LogP contribution in [0.2, 0.25) is 0 Å². The summed E-state index contributed by atoms with van der Waals surface area (Å²) in [5.74, 6) is 0.490. The molecule has 0 N–H and O–H groups in total. The van der Waals surface area contributed by atoms with E-state index < -0.39 is 0 Å². The Hall–Kier alpha value is -1.56. The highest BCUT2D eigenvalue weighted by Crippen LogP contribution is 2.36. The van der Waals surface area contributed by atoms with Gasteiger partial charge in [-0.1, -0.05) is 77.1 Å². The van der Waals surface area contributed by atoms with Gasteiger partial charge in [-0.3, -0.25) is 0 Å². The first-order valence-corrected chi connectivity index (χ1v) is 7.01. The summed E-state index contributed by atoms with van der Waals surface area (Å²) in [5.41, 5.74) is 5.52. The van der Waals surface area contributed by atoms with E-state index in [1.165, 1.54) is 22.3 Å². The van der Waals surface area contributed by atoms with Crippen molar-refractivity contribution in [3.63, 3.8) is 0 Å². The lowest BCUT2D eigenvalue weighted by Gasteiger charge is -2.24. The lowest BCUT2D eigenvalue weighted by molar-refractivity contribution is 0.592. The summed E-state index contributed by atoms with van der Waals surface area (Å²) in [7, 11) is 0. The van der Waals surface area contributed by atoms with Crippen LogP contribution in [-0.4, -0.2) is 0 Å². The Labute approximate surface area is 117 Å². The minimum atomic E-state index is 0.153. The Bertz CT molecular complexity index is 556. The summed E-state index contributed by atoms with van der Waals surface area (Å²) >= 11 is 0. The quantitative estimate of drug-likeness (QED) is 0.654. The maximum absolute atomic E-state index is 3.41. The van der Waals surface area contributed by atoms with Crippen LogP contribution in [0.15, 0.2) is 42.5 Å². The summed E-state index contributed by atoms with van der Waals surface area (Å²) in [6.45, 7) is 11.3. The highest BCUT2D eigenvalue weighted by atomic mass is 14.2. The largest absolute Gasteiger partial charge is 0.0619 e. The van der Waals surface area contributed by atoms with Gasteiger partial charge in [0.25, 0.3) is 0 Å². The molecule has 0 unspecified atom stereocenters. The highest BCUT2D eigenvalue weighted by Gasteiger charge is 2.19. The molecule has 0 nitrogen and oxygen atoms in total. The minimum absolute atomic E-state index is 0.153. The lowest BCUT2D eigenvalue weighted by atomic mass is 9.80. The van der Waals surface area contributed by atoms with Crippen LogP contribution >= 0.6 is 0 Å². The first kappa shape index (κ1) is 13.9. The van der Waals surface area contributed by atoms with Crippen LogP contribution in [0.25, 0.3) is 11.1 Å². The smallest absolute Gasteiger partial charge is 0.0126 e. The zero-order chi connectivity index (χ0) is 14.0. The van der Waals surface area contributed by atoms with Gasteiger partial charge in [0.2, 0.25) is 0 Å². The maximum atomic E-state index is 3.41. The van der Waals surface area contributed by atoms with Crippen LogP contribution in [-0.2, 0) is 5.41 Å². The summed E-state index contributed by atoms with van der Waals surface area (Å²) in [5, 5.41) is 0. The molecule has 0 amide bonds. The van der Waals surface area contributed by atoms with Crippen molar-refractivity contribution in [2.75, 3.05) is 0 Å². The van der Waals surface area contributed by atoms with Gasteiger partial charge in [0.05, 0.1) is 0 Å². The zero-order valence-corrected chi connectivity index (χ0v) is 12.6. The number of hydrogen-bond donors (Lipinski definition) is 0. The van der Waals surface area contributed by atoms with Gasteiger partial charge in [-0.05, 0) is 39.7 Å². The molecule has 0 saturated carbocycles. The number of hydrogen-bond acceptors (Lipinski definition) is 0. The predicted molar refractivity (Wildman–Crippen MR) is 83.5 cm³/mol. The van der Waals surface area contributed by atoms with E-state index in [2.05, 4.69) is 77.1 Å². The second-order valence-electron chi connectivity index (χ2n) is 6.45. The molecule has 0 aromatic heterocycles. The van der Waals surface area contributed by atoms with E-state index in [0.717, 1.165) is 0 Å². The molecule has 2 rings (SSSR count). The van der Waals surface area contributed by atoms with Gasteiger partial charge in [0.15, 0.2) is 0 Å². The van der Waals surface area contributed by atoms with Crippen LogP contribution in [0.1, 0.15) is 51.7 Å². The van der Waals surface area contributed by atoms with E-state index in [0.29, 0.717) is 5.92 Å². The Morgan fingerprint density at radius 2 is 1.53 bits per heavy atom. The van der Waals surface area contributed by atoms with Crippen molar-refractivity contribution in [3.05, 3.63) is 59.7 Å². The number of rotatable bonds is 2. The lowest BCUT2D eigenvalue weighted by Crippen LogP contribution is -2.13. The summed E-state index contributed by atoms with van der Waals surface area (Å²) in [6.07, 6.45) is 0. The van der Waals surface area contributed by atoms with Gasteiger partial charge in [-0.25, -0.2) is 0 Å². The average Bonchev–Trinajstić information content (AvgIpc) is 2.37. The molecule has 0 saturated heterocycles. The van der Waals surface area contributed by atoms with E-state index >= 15 is 0 Å². The maximum Gasteiger partial charge on any atom is -0.0126 e. The van der Waals surface area contributed by atoms with Crippen LogP contribution in [0.5, 0.6) is 0 Å². The monoisotopic (exact) mass is 251 g/mol. The average molecular weight is 251 g/mol. The summed E-state index contributed by atoms with van der Waals surface area (Å²) < 4.78 is 0. The van der Waals surface area contributed by atoms with Crippen molar-refractivity contribution in [2.24, 2.45) is 0 Å².